The summed E-state index contributed by atoms with van der Waals surface area (Å²) in [6.07, 6.45) is 1.64. The zero-order valence-corrected chi connectivity index (χ0v) is 17.8. The Kier molecular flexibility index (Phi) is 6.45. The maximum Gasteiger partial charge on any atom is 0.255 e. The van der Waals surface area contributed by atoms with Crippen molar-refractivity contribution in [3.8, 4) is 5.75 Å². The number of hydrogen-bond acceptors (Lipinski definition) is 4. The summed E-state index contributed by atoms with van der Waals surface area (Å²) in [6, 6.07) is 8.56. The second-order valence-corrected chi connectivity index (χ2v) is 9.23. The summed E-state index contributed by atoms with van der Waals surface area (Å²) in [5, 5.41) is 0.156. The topological polar surface area (TPSA) is 66.9 Å². The lowest BCUT2D eigenvalue weighted by atomic mass is 10.1. The third kappa shape index (κ3) is 4.55. The van der Waals surface area contributed by atoms with Crippen LogP contribution < -0.4 is 4.74 Å². The van der Waals surface area contributed by atoms with Crippen LogP contribution in [0.4, 0.5) is 4.39 Å². The summed E-state index contributed by atoms with van der Waals surface area (Å²) >= 11 is 6.18. The minimum atomic E-state index is -3.67. The molecule has 2 aromatic rings. The first-order chi connectivity index (χ1) is 13.7. The fourth-order valence-corrected chi connectivity index (χ4v) is 5.01. The number of methoxy groups -OCH3 is 1. The number of benzene rings is 2. The standard InChI is InChI=1S/C20H22ClFN2O4S/c1-23(13-14-5-8-19(28-2)18(22)11-14)20(25)16-12-15(6-7-17(16)21)29(26,27)24-9-3-4-10-24/h5-8,11-12H,3-4,9-10,13H2,1-2H3. The predicted molar refractivity (Wildman–Crippen MR) is 108 cm³/mol. The Labute approximate surface area is 174 Å². The van der Waals surface area contributed by atoms with Crippen LogP contribution >= 0.6 is 11.6 Å². The molecule has 0 spiro atoms. The fourth-order valence-electron chi connectivity index (χ4n) is 3.27. The first-order valence-corrected chi connectivity index (χ1v) is 10.9. The Bertz CT molecular complexity index is 1020. The molecule has 1 aliphatic heterocycles. The van der Waals surface area contributed by atoms with Gasteiger partial charge >= 0.3 is 0 Å². The molecule has 156 valence electrons. The van der Waals surface area contributed by atoms with E-state index in [1.807, 2.05) is 0 Å². The first kappa shape index (κ1) is 21.5. The molecule has 0 radical (unpaired) electrons. The molecule has 0 aliphatic carbocycles. The number of halogens is 2. The van der Waals surface area contributed by atoms with Gasteiger partial charge in [-0.3, -0.25) is 4.79 Å². The highest BCUT2D eigenvalue weighted by atomic mass is 35.5. The van der Waals surface area contributed by atoms with Crippen LogP contribution in [0.15, 0.2) is 41.3 Å². The van der Waals surface area contributed by atoms with Crippen molar-refractivity contribution >= 4 is 27.5 Å². The molecule has 1 aliphatic rings. The zero-order chi connectivity index (χ0) is 21.2. The molecule has 1 amide bonds. The quantitative estimate of drug-likeness (QED) is 0.689. The molecule has 0 aromatic heterocycles. The largest absolute Gasteiger partial charge is 0.494 e. The lowest BCUT2D eigenvalue weighted by molar-refractivity contribution is 0.0785. The molecule has 1 heterocycles. The van der Waals surface area contributed by atoms with Gasteiger partial charge in [0.15, 0.2) is 11.6 Å². The van der Waals surface area contributed by atoms with E-state index in [4.69, 9.17) is 16.3 Å². The van der Waals surface area contributed by atoms with E-state index in [-0.39, 0.29) is 27.8 Å². The molecule has 1 saturated heterocycles. The summed E-state index contributed by atoms with van der Waals surface area (Å²) < 4.78 is 45.8. The van der Waals surface area contributed by atoms with Gasteiger partial charge in [-0.1, -0.05) is 17.7 Å². The lowest BCUT2D eigenvalue weighted by Gasteiger charge is -2.20. The minimum absolute atomic E-state index is 0.0380. The van der Waals surface area contributed by atoms with Crippen LogP contribution in [0.3, 0.4) is 0 Å². The normalized spacial score (nSPS) is 14.8. The number of carbonyl (C=O) groups is 1. The minimum Gasteiger partial charge on any atom is -0.494 e. The highest BCUT2D eigenvalue weighted by molar-refractivity contribution is 7.89. The molecule has 1 fully saturated rings. The van der Waals surface area contributed by atoms with Gasteiger partial charge in [0.2, 0.25) is 10.0 Å². The van der Waals surface area contributed by atoms with Crippen LogP contribution in [0.25, 0.3) is 0 Å². The number of ether oxygens (including phenoxy) is 1. The van der Waals surface area contributed by atoms with E-state index >= 15 is 0 Å². The van der Waals surface area contributed by atoms with Gasteiger partial charge in [-0.2, -0.15) is 4.31 Å². The lowest BCUT2D eigenvalue weighted by Crippen LogP contribution is -2.29. The van der Waals surface area contributed by atoms with Gasteiger partial charge in [0.1, 0.15) is 0 Å². The van der Waals surface area contributed by atoms with E-state index in [0.717, 1.165) is 12.8 Å². The first-order valence-electron chi connectivity index (χ1n) is 9.11. The van der Waals surface area contributed by atoms with Crippen molar-refractivity contribution in [1.29, 1.82) is 0 Å². The van der Waals surface area contributed by atoms with E-state index in [1.165, 1.54) is 46.6 Å². The summed E-state index contributed by atoms with van der Waals surface area (Å²) in [6.45, 7) is 1.06. The molecule has 0 N–H and O–H groups in total. The second-order valence-electron chi connectivity index (χ2n) is 6.88. The van der Waals surface area contributed by atoms with Gasteiger partial charge in [0.05, 0.1) is 22.6 Å². The van der Waals surface area contributed by atoms with Crippen LogP contribution in [-0.4, -0.2) is 50.8 Å². The van der Waals surface area contributed by atoms with Gasteiger partial charge in [-0.15, -0.1) is 0 Å². The monoisotopic (exact) mass is 440 g/mol. The van der Waals surface area contributed by atoms with Crippen LogP contribution in [0, 0.1) is 5.82 Å². The molecule has 29 heavy (non-hydrogen) atoms. The number of rotatable bonds is 6. The Morgan fingerprint density at radius 3 is 2.52 bits per heavy atom. The molecular weight excluding hydrogens is 419 g/mol. The smallest absolute Gasteiger partial charge is 0.255 e. The number of hydrogen-bond donors (Lipinski definition) is 0. The van der Waals surface area contributed by atoms with Crippen molar-refractivity contribution in [3.05, 3.63) is 58.4 Å². The van der Waals surface area contributed by atoms with Gasteiger partial charge < -0.3 is 9.64 Å². The van der Waals surface area contributed by atoms with Crippen molar-refractivity contribution in [1.82, 2.24) is 9.21 Å². The van der Waals surface area contributed by atoms with Crippen molar-refractivity contribution in [2.75, 3.05) is 27.2 Å². The average Bonchev–Trinajstić information content (AvgIpc) is 3.23. The fraction of sp³-hybridized carbons (Fsp3) is 0.350. The number of sulfonamides is 1. The highest BCUT2D eigenvalue weighted by Crippen LogP contribution is 2.26. The molecule has 0 bridgehead atoms. The highest BCUT2D eigenvalue weighted by Gasteiger charge is 2.28. The van der Waals surface area contributed by atoms with Gasteiger partial charge in [-0.25, -0.2) is 12.8 Å². The summed E-state index contributed by atoms with van der Waals surface area (Å²) in [4.78, 5) is 14.3. The average molecular weight is 441 g/mol. The Balaban J connectivity index is 1.83. The van der Waals surface area contributed by atoms with E-state index in [2.05, 4.69) is 0 Å². The molecule has 3 rings (SSSR count). The summed E-state index contributed by atoms with van der Waals surface area (Å²) in [5.41, 5.74) is 0.652. The Morgan fingerprint density at radius 1 is 1.21 bits per heavy atom. The number of amides is 1. The van der Waals surface area contributed by atoms with Crippen molar-refractivity contribution in [2.45, 2.75) is 24.3 Å². The number of nitrogens with zero attached hydrogens (tertiary/aromatic N) is 2. The molecule has 0 saturated carbocycles. The van der Waals surface area contributed by atoms with E-state index in [0.29, 0.717) is 18.7 Å². The van der Waals surface area contributed by atoms with Gasteiger partial charge in [0, 0.05) is 26.7 Å². The van der Waals surface area contributed by atoms with Crippen LogP contribution in [0.2, 0.25) is 5.02 Å². The third-order valence-electron chi connectivity index (χ3n) is 4.85. The SMILES string of the molecule is COc1ccc(CN(C)C(=O)c2cc(S(=O)(=O)N3CCCC3)ccc2Cl)cc1F. The molecule has 6 nitrogen and oxygen atoms in total. The maximum absolute atomic E-state index is 13.9. The summed E-state index contributed by atoms with van der Waals surface area (Å²) in [7, 11) is -0.751. The molecule has 2 aromatic carbocycles. The van der Waals surface area contributed by atoms with E-state index in [1.54, 1.807) is 13.1 Å². The van der Waals surface area contributed by atoms with E-state index in [9.17, 15) is 17.6 Å². The van der Waals surface area contributed by atoms with Crippen LogP contribution in [0.1, 0.15) is 28.8 Å². The molecule has 9 heteroatoms. The van der Waals surface area contributed by atoms with Gasteiger partial charge in [-0.05, 0) is 48.7 Å². The summed E-state index contributed by atoms with van der Waals surface area (Å²) in [5.74, 6) is -0.863. The predicted octanol–water partition coefficient (Wildman–Crippen LogP) is 3.54. The van der Waals surface area contributed by atoms with Gasteiger partial charge in [0.25, 0.3) is 5.91 Å². The van der Waals surface area contributed by atoms with Crippen LogP contribution in [0.5, 0.6) is 5.75 Å². The van der Waals surface area contributed by atoms with Crippen molar-refractivity contribution < 1.29 is 22.3 Å². The Morgan fingerprint density at radius 2 is 1.90 bits per heavy atom. The molecule has 0 atom stereocenters. The van der Waals surface area contributed by atoms with E-state index < -0.39 is 21.7 Å². The third-order valence-corrected chi connectivity index (χ3v) is 7.08. The van der Waals surface area contributed by atoms with Crippen molar-refractivity contribution in [3.63, 3.8) is 0 Å². The molecular formula is C20H22ClFN2O4S. The maximum atomic E-state index is 13.9. The second kappa shape index (κ2) is 8.69. The Hall–Kier alpha value is -2.16. The zero-order valence-electron chi connectivity index (χ0n) is 16.2. The van der Waals surface area contributed by atoms with Crippen molar-refractivity contribution in [2.24, 2.45) is 0 Å². The number of carbonyl (C=O) groups excluding carboxylic acids is 1. The van der Waals surface area contributed by atoms with Crippen LogP contribution in [-0.2, 0) is 16.6 Å². The molecule has 0 unspecified atom stereocenters.